The molecule has 0 saturated carbocycles. The van der Waals surface area contributed by atoms with E-state index in [1.54, 1.807) is 0 Å². The Kier molecular flexibility index (Phi) is 4.04. The third-order valence-corrected chi connectivity index (χ3v) is 1.90. The molecule has 0 bridgehead atoms. The summed E-state index contributed by atoms with van der Waals surface area (Å²) < 4.78 is 24.9. The fourth-order valence-corrected chi connectivity index (χ4v) is 1.30. The highest BCUT2D eigenvalue weighted by Gasteiger charge is 2.19. The molecule has 0 aliphatic heterocycles. The number of nitrogens with one attached hydrogen (secondary N) is 1. The molecule has 0 saturated heterocycles. The Morgan fingerprint density at radius 2 is 2.07 bits per heavy atom. The summed E-state index contributed by atoms with van der Waals surface area (Å²) in [5, 5.41) is 2.83. The van der Waals surface area contributed by atoms with Crippen LogP contribution in [0, 0.1) is 0 Å². The maximum Gasteiger partial charge on any atom is 0.247 e. The Balaban J connectivity index is 2.51. The molecule has 1 rings (SSSR count). The molecule has 15 heavy (non-hydrogen) atoms. The van der Waals surface area contributed by atoms with Gasteiger partial charge in [0.25, 0.3) is 0 Å². The molecule has 0 unspecified atom stereocenters. The predicted molar refractivity (Wildman–Crippen MR) is 55.8 cm³/mol. The normalized spacial score (nSPS) is 11.5. The van der Waals surface area contributed by atoms with Crippen molar-refractivity contribution in [1.29, 1.82) is 0 Å². The minimum absolute atomic E-state index is 0.0201. The second-order valence-electron chi connectivity index (χ2n) is 3.09. The van der Waals surface area contributed by atoms with Crippen LogP contribution in [-0.2, 0) is 0 Å². The van der Waals surface area contributed by atoms with Crippen molar-refractivity contribution in [3.8, 4) is 0 Å². The third kappa shape index (κ3) is 5.09. The zero-order chi connectivity index (χ0) is 11.5. The van der Waals surface area contributed by atoms with Crippen molar-refractivity contribution in [2.45, 2.75) is 19.3 Å². The highest BCUT2D eigenvalue weighted by Crippen LogP contribution is 2.18. The van der Waals surface area contributed by atoms with E-state index in [-0.39, 0.29) is 23.4 Å². The zero-order valence-corrected chi connectivity index (χ0v) is 9.41. The molecule has 7 heteroatoms. The maximum absolute atomic E-state index is 12.5. The molecule has 1 N–H and O–H groups in total. The summed E-state index contributed by atoms with van der Waals surface area (Å²) >= 11 is 11.1. The van der Waals surface area contributed by atoms with E-state index in [4.69, 9.17) is 23.2 Å². The van der Waals surface area contributed by atoms with Gasteiger partial charge in [-0.05, 0) is 18.5 Å². The van der Waals surface area contributed by atoms with Crippen molar-refractivity contribution >= 4 is 29.0 Å². The van der Waals surface area contributed by atoms with Crippen molar-refractivity contribution in [2.24, 2.45) is 0 Å². The van der Waals surface area contributed by atoms with Gasteiger partial charge in [-0.15, -0.1) is 0 Å². The van der Waals surface area contributed by atoms with Gasteiger partial charge in [-0.2, -0.15) is 0 Å². The molecule has 3 nitrogen and oxygen atoms in total. The first-order valence-electron chi connectivity index (χ1n) is 4.18. The Morgan fingerprint density at radius 1 is 1.40 bits per heavy atom. The van der Waals surface area contributed by atoms with Crippen LogP contribution in [0.4, 0.5) is 14.6 Å². The van der Waals surface area contributed by atoms with Crippen LogP contribution < -0.4 is 5.32 Å². The lowest BCUT2D eigenvalue weighted by Gasteiger charge is -2.10. The van der Waals surface area contributed by atoms with Crippen molar-refractivity contribution in [3.05, 3.63) is 16.5 Å². The van der Waals surface area contributed by atoms with Gasteiger partial charge in [-0.3, -0.25) is 0 Å². The molecular weight excluding hydrogens is 247 g/mol. The van der Waals surface area contributed by atoms with Gasteiger partial charge in [-0.1, -0.05) is 11.6 Å². The summed E-state index contributed by atoms with van der Waals surface area (Å²) in [6.45, 7) is 0.946. The number of rotatable bonds is 4. The summed E-state index contributed by atoms with van der Waals surface area (Å²) in [6.07, 6.45) is -0.285. The summed E-state index contributed by atoms with van der Waals surface area (Å²) in [5.74, 6) is -2.36. The Morgan fingerprint density at radius 3 is 2.60 bits per heavy atom. The molecule has 0 aromatic carbocycles. The second-order valence-corrected chi connectivity index (χ2v) is 3.82. The van der Waals surface area contributed by atoms with Gasteiger partial charge in [0.05, 0.1) is 0 Å². The number of halogens is 4. The molecule has 1 aromatic rings. The first-order valence-corrected chi connectivity index (χ1v) is 4.94. The molecule has 0 atom stereocenters. The van der Waals surface area contributed by atoms with Crippen molar-refractivity contribution in [3.63, 3.8) is 0 Å². The van der Waals surface area contributed by atoms with E-state index >= 15 is 0 Å². The number of nitrogens with zero attached hydrogens (tertiary/aromatic N) is 2. The van der Waals surface area contributed by atoms with Gasteiger partial charge in [-0.25, -0.2) is 18.7 Å². The van der Waals surface area contributed by atoms with Crippen molar-refractivity contribution in [1.82, 2.24) is 9.97 Å². The van der Waals surface area contributed by atoms with Crippen LogP contribution >= 0.6 is 23.2 Å². The smallest absolute Gasteiger partial charge is 0.247 e. The third-order valence-electron chi connectivity index (χ3n) is 1.54. The van der Waals surface area contributed by atoms with Gasteiger partial charge in [0.1, 0.15) is 11.0 Å². The van der Waals surface area contributed by atoms with E-state index < -0.39 is 5.92 Å². The van der Waals surface area contributed by atoms with Crippen LogP contribution in [0.3, 0.4) is 0 Å². The Labute approximate surface area is 95.8 Å². The van der Waals surface area contributed by atoms with E-state index in [0.29, 0.717) is 5.82 Å². The maximum atomic E-state index is 12.5. The van der Waals surface area contributed by atoms with Crippen LogP contribution in [0.1, 0.15) is 13.3 Å². The summed E-state index contributed by atoms with van der Waals surface area (Å²) in [4.78, 5) is 7.39. The lowest BCUT2D eigenvalue weighted by molar-refractivity contribution is 0.0167. The lowest BCUT2D eigenvalue weighted by atomic mass is 10.3. The Hall–Kier alpha value is -0.680. The first kappa shape index (κ1) is 12.4. The van der Waals surface area contributed by atoms with Crippen molar-refractivity contribution < 1.29 is 8.78 Å². The van der Waals surface area contributed by atoms with Gasteiger partial charge in [0, 0.05) is 19.0 Å². The average molecular weight is 256 g/mol. The van der Waals surface area contributed by atoms with E-state index in [9.17, 15) is 8.78 Å². The highest BCUT2D eigenvalue weighted by molar-refractivity contribution is 6.32. The monoisotopic (exact) mass is 255 g/mol. The lowest BCUT2D eigenvalue weighted by Crippen LogP contribution is -2.16. The summed E-state index contributed by atoms with van der Waals surface area (Å²) in [5.41, 5.74) is 0. The van der Waals surface area contributed by atoms with E-state index in [1.165, 1.54) is 6.07 Å². The number of alkyl halides is 2. The van der Waals surface area contributed by atoms with Gasteiger partial charge in [0.2, 0.25) is 11.2 Å². The zero-order valence-electron chi connectivity index (χ0n) is 7.90. The fourth-order valence-electron chi connectivity index (χ4n) is 0.891. The molecule has 0 amide bonds. The molecule has 0 aliphatic carbocycles. The molecule has 1 heterocycles. The van der Waals surface area contributed by atoms with Crippen LogP contribution in [0.15, 0.2) is 6.07 Å². The number of hydrogen-bond donors (Lipinski definition) is 1. The van der Waals surface area contributed by atoms with Gasteiger partial charge < -0.3 is 5.32 Å². The van der Waals surface area contributed by atoms with Gasteiger partial charge in [0.15, 0.2) is 0 Å². The van der Waals surface area contributed by atoms with Crippen LogP contribution in [-0.4, -0.2) is 22.4 Å². The molecule has 84 valence electrons. The minimum atomic E-state index is -2.70. The minimum Gasteiger partial charge on any atom is -0.370 e. The molecule has 0 fully saturated rings. The predicted octanol–water partition coefficient (Wildman–Crippen LogP) is 3.24. The first-order chi connectivity index (χ1) is 6.87. The van der Waals surface area contributed by atoms with Crippen LogP contribution in [0.5, 0.6) is 0 Å². The fraction of sp³-hybridized carbons (Fsp3) is 0.500. The highest BCUT2D eigenvalue weighted by atomic mass is 35.5. The summed E-state index contributed by atoms with van der Waals surface area (Å²) in [7, 11) is 0. The molecule has 0 radical (unpaired) electrons. The van der Waals surface area contributed by atoms with E-state index in [0.717, 1.165) is 6.92 Å². The SMILES string of the molecule is CC(F)(F)CCNc1cc(Cl)nc(Cl)n1. The van der Waals surface area contributed by atoms with E-state index in [1.807, 2.05) is 0 Å². The number of aromatic nitrogens is 2. The van der Waals surface area contributed by atoms with Crippen LogP contribution in [0.25, 0.3) is 0 Å². The molecular formula is C8H9Cl2F2N3. The number of hydrogen-bond acceptors (Lipinski definition) is 3. The topological polar surface area (TPSA) is 37.8 Å². The molecule has 0 aliphatic rings. The Bertz CT molecular complexity index is 321. The standard InChI is InChI=1S/C8H9Cl2F2N3/c1-8(11,12)2-3-13-6-4-5(9)14-7(10)15-6/h4H,2-3H2,1H3,(H,13,14,15). The summed E-state index contributed by atoms with van der Waals surface area (Å²) in [6, 6.07) is 1.42. The average Bonchev–Trinajstić information content (AvgIpc) is 1.99. The van der Waals surface area contributed by atoms with E-state index in [2.05, 4.69) is 15.3 Å². The van der Waals surface area contributed by atoms with Crippen molar-refractivity contribution in [2.75, 3.05) is 11.9 Å². The van der Waals surface area contributed by atoms with Crippen LogP contribution in [0.2, 0.25) is 10.4 Å². The number of anilines is 1. The molecule has 0 spiro atoms. The molecule has 1 aromatic heterocycles. The second kappa shape index (κ2) is 4.90. The largest absolute Gasteiger partial charge is 0.370 e. The van der Waals surface area contributed by atoms with Gasteiger partial charge >= 0.3 is 0 Å². The quantitative estimate of drug-likeness (QED) is 0.663.